The zero-order chi connectivity index (χ0) is 21.9. The van der Waals surface area contributed by atoms with E-state index in [2.05, 4.69) is 5.32 Å². The van der Waals surface area contributed by atoms with Crippen LogP contribution < -0.4 is 14.8 Å². The SMILES string of the molecule is CCC(C)N(CCC(=O)NCCc1ccc(OC)c(OC)c1)C(=O)c1ccccc1. The number of nitrogens with one attached hydrogen (secondary N) is 1. The first kappa shape index (κ1) is 23.3. The molecule has 0 aromatic heterocycles. The second kappa shape index (κ2) is 11.9. The molecule has 0 aliphatic rings. The fraction of sp³-hybridized carbons (Fsp3) is 0.417. The van der Waals surface area contributed by atoms with Crippen molar-refractivity contribution in [3.63, 3.8) is 0 Å². The Bertz CT molecular complexity index is 823. The molecule has 1 atom stereocenters. The third kappa shape index (κ3) is 6.51. The van der Waals surface area contributed by atoms with Crippen molar-refractivity contribution < 1.29 is 19.1 Å². The lowest BCUT2D eigenvalue weighted by molar-refractivity contribution is -0.121. The molecule has 0 heterocycles. The van der Waals surface area contributed by atoms with Crippen molar-refractivity contribution in [1.29, 1.82) is 0 Å². The van der Waals surface area contributed by atoms with E-state index in [-0.39, 0.29) is 24.3 Å². The third-order valence-electron chi connectivity index (χ3n) is 5.17. The Labute approximate surface area is 179 Å². The zero-order valence-corrected chi connectivity index (χ0v) is 18.3. The minimum absolute atomic E-state index is 0.0388. The topological polar surface area (TPSA) is 67.9 Å². The van der Waals surface area contributed by atoms with Crippen LogP contribution in [0.15, 0.2) is 48.5 Å². The highest BCUT2D eigenvalue weighted by atomic mass is 16.5. The first-order chi connectivity index (χ1) is 14.5. The van der Waals surface area contributed by atoms with Crippen molar-refractivity contribution in [2.24, 2.45) is 0 Å². The van der Waals surface area contributed by atoms with Crippen LogP contribution in [0.5, 0.6) is 11.5 Å². The molecule has 6 heteroatoms. The van der Waals surface area contributed by atoms with E-state index in [0.29, 0.717) is 36.6 Å². The smallest absolute Gasteiger partial charge is 0.254 e. The van der Waals surface area contributed by atoms with Gasteiger partial charge in [0.15, 0.2) is 11.5 Å². The van der Waals surface area contributed by atoms with E-state index in [0.717, 1.165) is 12.0 Å². The summed E-state index contributed by atoms with van der Waals surface area (Å²) in [6, 6.07) is 15.0. The van der Waals surface area contributed by atoms with E-state index in [1.165, 1.54) is 0 Å². The normalized spacial score (nSPS) is 11.5. The number of carbonyl (C=O) groups excluding carboxylic acids is 2. The highest BCUT2D eigenvalue weighted by molar-refractivity contribution is 5.94. The van der Waals surface area contributed by atoms with Crippen LogP contribution >= 0.6 is 0 Å². The molecule has 2 aromatic carbocycles. The maximum absolute atomic E-state index is 12.8. The van der Waals surface area contributed by atoms with E-state index in [9.17, 15) is 9.59 Å². The predicted octanol–water partition coefficient (Wildman–Crippen LogP) is 3.69. The second-order valence-electron chi connectivity index (χ2n) is 7.16. The molecule has 162 valence electrons. The van der Waals surface area contributed by atoms with Crippen LogP contribution in [-0.4, -0.2) is 50.1 Å². The average molecular weight is 413 g/mol. The molecular formula is C24H32N2O4. The molecule has 0 radical (unpaired) electrons. The second-order valence-corrected chi connectivity index (χ2v) is 7.16. The van der Waals surface area contributed by atoms with Gasteiger partial charge in [0.2, 0.25) is 5.91 Å². The highest BCUT2D eigenvalue weighted by Crippen LogP contribution is 2.27. The molecule has 6 nitrogen and oxygen atoms in total. The number of ether oxygens (including phenoxy) is 2. The number of carbonyl (C=O) groups is 2. The van der Waals surface area contributed by atoms with Gasteiger partial charge in [-0.1, -0.05) is 31.2 Å². The summed E-state index contributed by atoms with van der Waals surface area (Å²) in [5.74, 6) is 1.25. The van der Waals surface area contributed by atoms with Gasteiger partial charge in [0.05, 0.1) is 14.2 Å². The average Bonchev–Trinajstić information content (AvgIpc) is 2.79. The number of nitrogens with zero attached hydrogens (tertiary/aromatic N) is 1. The van der Waals surface area contributed by atoms with Crippen molar-refractivity contribution in [3.8, 4) is 11.5 Å². The molecule has 0 saturated heterocycles. The van der Waals surface area contributed by atoms with Gasteiger partial charge in [0.25, 0.3) is 5.91 Å². The van der Waals surface area contributed by atoms with E-state index in [1.54, 1.807) is 31.3 Å². The molecule has 0 saturated carbocycles. The Hall–Kier alpha value is -3.02. The van der Waals surface area contributed by atoms with E-state index in [4.69, 9.17) is 9.47 Å². The number of amides is 2. The quantitative estimate of drug-likeness (QED) is 0.611. The minimum Gasteiger partial charge on any atom is -0.493 e. The van der Waals surface area contributed by atoms with Gasteiger partial charge in [-0.15, -0.1) is 0 Å². The van der Waals surface area contributed by atoms with Crippen LogP contribution in [0.4, 0.5) is 0 Å². The number of hydrogen-bond acceptors (Lipinski definition) is 4. The molecule has 0 bridgehead atoms. The Kier molecular flexibility index (Phi) is 9.19. The zero-order valence-electron chi connectivity index (χ0n) is 18.3. The third-order valence-corrected chi connectivity index (χ3v) is 5.17. The van der Waals surface area contributed by atoms with Crippen LogP contribution in [0, 0.1) is 0 Å². The van der Waals surface area contributed by atoms with Gasteiger partial charge in [-0.25, -0.2) is 0 Å². The summed E-state index contributed by atoms with van der Waals surface area (Å²) in [4.78, 5) is 27.0. The van der Waals surface area contributed by atoms with Crippen molar-refractivity contribution in [1.82, 2.24) is 10.2 Å². The number of methoxy groups -OCH3 is 2. The fourth-order valence-corrected chi connectivity index (χ4v) is 3.18. The first-order valence-corrected chi connectivity index (χ1v) is 10.3. The maximum Gasteiger partial charge on any atom is 0.254 e. The van der Waals surface area contributed by atoms with Crippen LogP contribution in [-0.2, 0) is 11.2 Å². The minimum atomic E-state index is -0.0651. The number of benzene rings is 2. The predicted molar refractivity (Wildman–Crippen MR) is 118 cm³/mol. The van der Waals surface area contributed by atoms with Crippen molar-refractivity contribution >= 4 is 11.8 Å². The van der Waals surface area contributed by atoms with Crippen LogP contribution in [0.3, 0.4) is 0 Å². The van der Waals surface area contributed by atoms with Crippen LogP contribution in [0.2, 0.25) is 0 Å². The van der Waals surface area contributed by atoms with Gasteiger partial charge < -0.3 is 19.7 Å². The Morgan fingerprint density at radius 1 is 1.03 bits per heavy atom. The molecule has 0 aliphatic heterocycles. The monoisotopic (exact) mass is 412 g/mol. The van der Waals surface area contributed by atoms with Crippen molar-refractivity contribution in [2.75, 3.05) is 27.3 Å². The lowest BCUT2D eigenvalue weighted by Crippen LogP contribution is -2.41. The Morgan fingerprint density at radius 3 is 2.37 bits per heavy atom. The van der Waals surface area contributed by atoms with Gasteiger partial charge in [-0.05, 0) is 49.6 Å². The summed E-state index contributed by atoms with van der Waals surface area (Å²) in [6.07, 6.45) is 1.79. The summed E-state index contributed by atoms with van der Waals surface area (Å²) < 4.78 is 10.6. The van der Waals surface area contributed by atoms with Crippen LogP contribution in [0.1, 0.15) is 42.6 Å². The fourth-order valence-electron chi connectivity index (χ4n) is 3.18. The molecule has 1 unspecified atom stereocenters. The van der Waals surface area contributed by atoms with Gasteiger partial charge in [0, 0.05) is 31.1 Å². The van der Waals surface area contributed by atoms with Gasteiger partial charge in [-0.2, -0.15) is 0 Å². The summed E-state index contributed by atoms with van der Waals surface area (Å²) in [5.41, 5.74) is 1.69. The molecule has 2 amide bonds. The number of rotatable bonds is 11. The first-order valence-electron chi connectivity index (χ1n) is 10.3. The van der Waals surface area contributed by atoms with Crippen molar-refractivity contribution in [2.45, 2.75) is 39.2 Å². The summed E-state index contributed by atoms with van der Waals surface area (Å²) in [6.45, 7) is 4.96. The van der Waals surface area contributed by atoms with E-state index >= 15 is 0 Å². The standard InChI is InChI=1S/C24H32N2O4/c1-5-18(2)26(24(28)20-9-7-6-8-10-20)16-14-23(27)25-15-13-19-11-12-21(29-3)22(17-19)30-4/h6-12,17-18H,5,13-16H2,1-4H3,(H,25,27). The summed E-state index contributed by atoms with van der Waals surface area (Å²) in [5, 5.41) is 2.94. The van der Waals surface area contributed by atoms with E-state index in [1.807, 2.05) is 50.2 Å². The Morgan fingerprint density at radius 2 is 1.73 bits per heavy atom. The molecular weight excluding hydrogens is 380 g/mol. The van der Waals surface area contributed by atoms with Gasteiger partial charge >= 0.3 is 0 Å². The largest absolute Gasteiger partial charge is 0.493 e. The summed E-state index contributed by atoms with van der Waals surface area (Å²) in [7, 11) is 3.20. The highest BCUT2D eigenvalue weighted by Gasteiger charge is 2.21. The van der Waals surface area contributed by atoms with Gasteiger partial charge in [-0.3, -0.25) is 9.59 Å². The molecule has 1 N–H and O–H groups in total. The molecule has 0 spiro atoms. The lowest BCUT2D eigenvalue weighted by Gasteiger charge is -2.28. The van der Waals surface area contributed by atoms with Crippen LogP contribution in [0.25, 0.3) is 0 Å². The maximum atomic E-state index is 12.8. The van der Waals surface area contributed by atoms with Gasteiger partial charge in [0.1, 0.15) is 0 Å². The lowest BCUT2D eigenvalue weighted by atomic mass is 10.1. The van der Waals surface area contributed by atoms with Crippen molar-refractivity contribution in [3.05, 3.63) is 59.7 Å². The Balaban J connectivity index is 1.86. The summed E-state index contributed by atoms with van der Waals surface area (Å²) >= 11 is 0. The molecule has 2 rings (SSSR count). The molecule has 30 heavy (non-hydrogen) atoms. The molecule has 0 fully saturated rings. The molecule has 0 aliphatic carbocycles. The number of hydrogen-bond donors (Lipinski definition) is 1. The van der Waals surface area contributed by atoms with E-state index < -0.39 is 0 Å². The molecule has 2 aromatic rings.